The maximum Gasteiger partial charge on any atom is 0.272 e. The number of thiophene rings is 1. The summed E-state index contributed by atoms with van der Waals surface area (Å²) < 4.78 is 7.07. The number of likely N-dealkylation sites (tertiary alicyclic amines) is 1. The van der Waals surface area contributed by atoms with Gasteiger partial charge in [0.25, 0.3) is 11.8 Å². The Morgan fingerprint density at radius 2 is 2.12 bits per heavy atom. The molecule has 0 spiro atoms. The molecule has 140 valence electrons. The van der Waals surface area contributed by atoms with E-state index in [0.29, 0.717) is 5.88 Å². The molecule has 0 radical (unpaired) electrons. The Bertz CT molecular complexity index is 751. The number of carbonyl (C=O) groups is 2. The summed E-state index contributed by atoms with van der Waals surface area (Å²) in [6.45, 7) is 3.48. The average molecular weight is 376 g/mol. The first-order valence-corrected chi connectivity index (χ1v) is 9.71. The second-order valence-corrected chi connectivity index (χ2v) is 7.41. The summed E-state index contributed by atoms with van der Waals surface area (Å²) in [5, 5.41) is 9.09. The molecule has 1 N–H and O–H groups in total. The molecule has 3 heterocycles. The third-order valence-electron chi connectivity index (χ3n) is 4.44. The molecule has 1 unspecified atom stereocenters. The van der Waals surface area contributed by atoms with Gasteiger partial charge in [-0.25, -0.2) is 4.68 Å². The van der Waals surface area contributed by atoms with E-state index in [0.717, 1.165) is 30.8 Å². The largest absolute Gasteiger partial charge is 0.468 e. The molecule has 0 aliphatic carbocycles. The number of aromatic nitrogens is 2. The SMILES string of the molecule is CC(NC(=O)c1cc(OCC(=O)N2CCCCC2)n(C)n1)c1cccs1. The van der Waals surface area contributed by atoms with Crippen LogP contribution < -0.4 is 10.1 Å². The highest BCUT2D eigenvalue weighted by atomic mass is 32.1. The van der Waals surface area contributed by atoms with E-state index in [9.17, 15) is 9.59 Å². The van der Waals surface area contributed by atoms with Crippen LogP contribution in [0.4, 0.5) is 0 Å². The van der Waals surface area contributed by atoms with Gasteiger partial charge in [-0.05, 0) is 37.6 Å². The zero-order valence-electron chi connectivity index (χ0n) is 15.1. The summed E-state index contributed by atoms with van der Waals surface area (Å²) >= 11 is 1.59. The molecule has 1 fully saturated rings. The Balaban J connectivity index is 1.56. The highest BCUT2D eigenvalue weighted by Gasteiger charge is 2.20. The van der Waals surface area contributed by atoms with E-state index in [-0.39, 0.29) is 30.2 Å². The van der Waals surface area contributed by atoms with Crippen LogP contribution in [0.1, 0.15) is 47.6 Å². The highest BCUT2D eigenvalue weighted by Crippen LogP contribution is 2.19. The normalized spacial score (nSPS) is 15.5. The van der Waals surface area contributed by atoms with Gasteiger partial charge in [-0.1, -0.05) is 6.07 Å². The second-order valence-electron chi connectivity index (χ2n) is 6.43. The Morgan fingerprint density at radius 1 is 1.35 bits per heavy atom. The van der Waals surface area contributed by atoms with E-state index in [1.807, 2.05) is 29.3 Å². The number of amides is 2. The van der Waals surface area contributed by atoms with Crippen molar-refractivity contribution in [1.29, 1.82) is 0 Å². The van der Waals surface area contributed by atoms with E-state index in [4.69, 9.17) is 4.74 Å². The summed E-state index contributed by atoms with van der Waals surface area (Å²) in [7, 11) is 1.69. The summed E-state index contributed by atoms with van der Waals surface area (Å²) in [6.07, 6.45) is 3.27. The monoisotopic (exact) mass is 376 g/mol. The zero-order valence-corrected chi connectivity index (χ0v) is 15.9. The second kappa shape index (κ2) is 8.35. The predicted molar refractivity (Wildman–Crippen MR) is 99.3 cm³/mol. The van der Waals surface area contributed by atoms with Gasteiger partial charge in [0.1, 0.15) is 0 Å². The smallest absolute Gasteiger partial charge is 0.272 e. The molecule has 0 saturated carbocycles. The first kappa shape index (κ1) is 18.4. The minimum Gasteiger partial charge on any atom is -0.468 e. The molecule has 0 aromatic carbocycles. The van der Waals surface area contributed by atoms with Crippen LogP contribution in [0.25, 0.3) is 0 Å². The maximum atomic E-state index is 12.4. The lowest BCUT2D eigenvalue weighted by Gasteiger charge is -2.26. The third kappa shape index (κ3) is 4.43. The number of nitrogens with one attached hydrogen (secondary N) is 1. The minimum absolute atomic E-state index is 0.0248. The Labute approximate surface area is 156 Å². The maximum absolute atomic E-state index is 12.4. The first-order valence-electron chi connectivity index (χ1n) is 8.83. The van der Waals surface area contributed by atoms with Gasteiger partial charge in [-0.15, -0.1) is 11.3 Å². The molecule has 7 nitrogen and oxygen atoms in total. The summed E-state index contributed by atoms with van der Waals surface area (Å²) in [4.78, 5) is 27.5. The molecule has 8 heteroatoms. The lowest BCUT2D eigenvalue weighted by Crippen LogP contribution is -2.38. The van der Waals surface area contributed by atoms with Crippen molar-refractivity contribution < 1.29 is 14.3 Å². The van der Waals surface area contributed by atoms with Crippen LogP contribution in [-0.2, 0) is 11.8 Å². The van der Waals surface area contributed by atoms with Crippen molar-refractivity contribution in [2.24, 2.45) is 7.05 Å². The van der Waals surface area contributed by atoms with Crippen LogP contribution in [0.2, 0.25) is 0 Å². The fraction of sp³-hybridized carbons (Fsp3) is 0.500. The molecule has 1 atom stereocenters. The number of hydrogen-bond donors (Lipinski definition) is 1. The molecule has 1 saturated heterocycles. The molecule has 2 aromatic rings. The first-order chi connectivity index (χ1) is 12.5. The van der Waals surface area contributed by atoms with Crippen LogP contribution in [0, 0.1) is 0 Å². The highest BCUT2D eigenvalue weighted by molar-refractivity contribution is 7.10. The van der Waals surface area contributed by atoms with Crippen molar-refractivity contribution in [3.63, 3.8) is 0 Å². The van der Waals surface area contributed by atoms with Gasteiger partial charge < -0.3 is 15.0 Å². The quantitative estimate of drug-likeness (QED) is 0.840. The molecular formula is C18H24N4O3S. The van der Waals surface area contributed by atoms with Crippen LogP contribution >= 0.6 is 11.3 Å². The van der Waals surface area contributed by atoms with Gasteiger partial charge >= 0.3 is 0 Å². The molecule has 3 rings (SSSR count). The molecule has 1 aliphatic heterocycles. The summed E-state index contributed by atoms with van der Waals surface area (Å²) in [5.74, 6) is 0.117. The van der Waals surface area contributed by atoms with Crippen LogP contribution in [-0.4, -0.2) is 46.2 Å². The number of aryl methyl sites for hydroxylation is 1. The van der Waals surface area contributed by atoms with Gasteiger partial charge in [0.15, 0.2) is 12.3 Å². The lowest BCUT2D eigenvalue weighted by molar-refractivity contribution is -0.134. The van der Waals surface area contributed by atoms with E-state index in [1.54, 1.807) is 24.5 Å². The number of ether oxygens (including phenoxy) is 1. The number of nitrogens with zero attached hydrogens (tertiary/aromatic N) is 3. The summed E-state index contributed by atoms with van der Waals surface area (Å²) in [6, 6.07) is 5.42. The van der Waals surface area contributed by atoms with Gasteiger partial charge in [0.2, 0.25) is 5.88 Å². The Morgan fingerprint density at radius 3 is 2.81 bits per heavy atom. The van der Waals surface area contributed by atoms with Gasteiger partial charge in [-0.3, -0.25) is 9.59 Å². The minimum atomic E-state index is -0.265. The van der Waals surface area contributed by atoms with E-state index >= 15 is 0 Å². The van der Waals surface area contributed by atoms with Crippen LogP contribution in [0.15, 0.2) is 23.6 Å². The van der Waals surface area contributed by atoms with E-state index < -0.39 is 0 Å². The fourth-order valence-corrected chi connectivity index (χ4v) is 3.68. The standard InChI is InChI=1S/C18H24N4O3S/c1-13(15-7-6-10-26-15)19-18(24)14-11-17(21(2)20-14)25-12-16(23)22-8-4-3-5-9-22/h6-7,10-11,13H,3-5,8-9,12H2,1-2H3,(H,19,24). The van der Waals surface area contributed by atoms with Gasteiger partial charge in [0, 0.05) is 31.1 Å². The van der Waals surface area contributed by atoms with Crippen LogP contribution in [0.5, 0.6) is 5.88 Å². The van der Waals surface area contributed by atoms with E-state index in [1.165, 1.54) is 11.1 Å². The lowest BCUT2D eigenvalue weighted by atomic mass is 10.1. The molecule has 2 amide bonds. The number of carbonyl (C=O) groups excluding carboxylic acids is 2. The Hall–Kier alpha value is -2.35. The molecule has 1 aliphatic rings. The van der Waals surface area contributed by atoms with Gasteiger partial charge in [-0.2, -0.15) is 5.10 Å². The van der Waals surface area contributed by atoms with Crippen molar-refractivity contribution >= 4 is 23.2 Å². The average Bonchev–Trinajstić information content (AvgIpc) is 3.30. The molecule has 26 heavy (non-hydrogen) atoms. The number of piperidine rings is 1. The van der Waals surface area contributed by atoms with Crippen molar-refractivity contribution in [3.05, 3.63) is 34.2 Å². The molecule has 2 aromatic heterocycles. The van der Waals surface area contributed by atoms with Gasteiger partial charge in [0.05, 0.1) is 6.04 Å². The number of rotatable bonds is 6. The van der Waals surface area contributed by atoms with Crippen molar-refractivity contribution in [2.75, 3.05) is 19.7 Å². The Kier molecular flexibility index (Phi) is 5.92. The fourth-order valence-electron chi connectivity index (χ4n) is 2.95. The zero-order chi connectivity index (χ0) is 18.5. The summed E-state index contributed by atoms with van der Waals surface area (Å²) in [5.41, 5.74) is 0.274. The molecule has 0 bridgehead atoms. The van der Waals surface area contributed by atoms with Crippen molar-refractivity contribution in [1.82, 2.24) is 20.0 Å². The van der Waals surface area contributed by atoms with Crippen LogP contribution in [0.3, 0.4) is 0 Å². The molecular weight excluding hydrogens is 352 g/mol. The number of hydrogen-bond acceptors (Lipinski definition) is 5. The van der Waals surface area contributed by atoms with E-state index in [2.05, 4.69) is 10.4 Å². The predicted octanol–water partition coefficient (Wildman–Crippen LogP) is 2.36. The topological polar surface area (TPSA) is 76.5 Å². The van der Waals surface area contributed by atoms with Crippen molar-refractivity contribution in [2.45, 2.75) is 32.2 Å². The van der Waals surface area contributed by atoms with Crippen molar-refractivity contribution in [3.8, 4) is 5.88 Å². The third-order valence-corrected chi connectivity index (χ3v) is 5.49.